The van der Waals surface area contributed by atoms with E-state index in [-0.39, 0.29) is 16.3 Å². The first-order chi connectivity index (χ1) is 9.56. The number of amides is 1. The predicted molar refractivity (Wildman–Crippen MR) is 80.0 cm³/mol. The van der Waals surface area contributed by atoms with Crippen LogP contribution in [0.3, 0.4) is 0 Å². The molecule has 0 heterocycles. The van der Waals surface area contributed by atoms with Gasteiger partial charge in [0.2, 0.25) is 0 Å². The van der Waals surface area contributed by atoms with Crippen LogP contribution in [0.1, 0.15) is 42.5 Å². The van der Waals surface area contributed by atoms with Gasteiger partial charge >= 0.3 is 0 Å². The molecule has 1 N–H and O–H groups in total. The molecular weight excluding hydrogens is 300 g/mol. The van der Waals surface area contributed by atoms with Crippen molar-refractivity contribution < 1.29 is 9.18 Å². The van der Waals surface area contributed by atoms with Crippen LogP contribution in [0, 0.1) is 11.2 Å². The SMILES string of the molecule is O=C(NCC1(CCl)CCCCC1)c1ccc(F)c(Cl)c1. The van der Waals surface area contributed by atoms with Crippen LogP contribution in [0.25, 0.3) is 0 Å². The second kappa shape index (κ2) is 6.77. The Morgan fingerprint density at radius 3 is 2.60 bits per heavy atom. The van der Waals surface area contributed by atoms with Crippen LogP contribution in [-0.2, 0) is 0 Å². The number of benzene rings is 1. The maximum Gasteiger partial charge on any atom is 0.251 e. The number of hydrogen-bond donors (Lipinski definition) is 1. The van der Waals surface area contributed by atoms with Gasteiger partial charge in [-0.15, -0.1) is 11.6 Å². The van der Waals surface area contributed by atoms with Gasteiger partial charge in [-0.05, 0) is 31.0 Å². The van der Waals surface area contributed by atoms with Gasteiger partial charge in [0, 0.05) is 23.4 Å². The minimum absolute atomic E-state index is 0.000704. The molecule has 0 bridgehead atoms. The third-order valence-electron chi connectivity index (χ3n) is 4.00. The van der Waals surface area contributed by atoms with E-state index >= 15 is 0 Å². The fourth-order valence-electron chi connectivity index (χ4n) is 2.67. The van der Waals surface area contributed by atoms with Gasteiger partial charge in [0.25, 0.3) is 5.91 Å². The van der Waals surface area contributed by atoms with Crippen LogP contribution in [-0.4, -0.2) is 18.3 Å². The van der Waals surface area contributed by atoms with Gasteiger partial charge in [0.15, 0.2) is 0 Å². The molecule has 20 heavy (non-hydrogen) atoms. The highest BCUT2D eigenvalue weighted by Gasteiger charge is 2.31. The van der Waals surface area contributed by atoms with Gasteiger partial charge in [-0.2, -0.15) is 0 Å². The van der Waals surface area contributed by atoms with Crippen molar-refractivity contribution in [1.82, 2.24) is 5.32 Å². The zero-order valence-corrected chi connectivity index (χ0v) is 12.7. The van der Waals surface area contributed by atoms with E-state index in [0.717, 1.165) is 25.7 Å². The molecule has 1 fully saturated rings. The normalized spacial score (nSPS) is 17.8. The van der Waals surface area contributed by atoms with Crippen molar-refractivity contribution in [3.8, 4) is 0 Å². The summed E-state index contributed by atoms with van der Waals surface area (Å²) in [4.78, 5) is 12.1. The van der Waals surface area contributed by atoms with Gasteiger partial charge < -0.3 is 5.32 Å². The van der Waals surface area contributed by atoms with Crippen molar-refractivity contribution in [2.24, 2.45) is 5.41 Å². The Morgan fingerprint density at radius 2 is 2.00 bits per heavy atom. The number of alkyl halides is 1. The molecule has 1 aromatic carbocycles. The van der Waals surface area contributed by atoms with Crippen LogP contribution < -0.4 is 5.32 Å². The van der Waals surface area contributed by atoms with Gasteiger partial charge in [-0.3, -0.25) is 4.79 Å². The van der Waals surface area contributed by atoms with Crippen LogP contribution in [0.2, 0.25) is 5.02 Å². The van der Waals surface area contributed by atoms with E-state index < -0.39 is 5.82 Å². The smallest absolute Gasteiger partial charge is 0.251 e. The quantitative estimate of drug-likeness (QED) is 0.819. The molecule has 2 nitrogen and oxygen atoms in total. The minimum atomic E-state index is -0.521. The summed E-state index contributed by atoms with van der Waals surface area (Å²) in [6.07, 6.45) is 5.64. The summed E-state index contributed by atoms with van der Waals surface area (Å²) in [6.45, 7) is 0.560. The molecule has 1 amide bonds. The molecule has 1 aliphatic rings. The van der Waals surface area contributed by atoms with Crippen LogP contribution in [0.15, 0.2) is 18.2 Å². The molecule has 1 aliphatic carbocycles. The van der Waals surface area contributed by atoms with Gasteiger partial charge in [-0.1, -0.05) is 30.9 Å². The maximum absolute atomic E-state index is 13.1. The number of halogens is 3. The summed E-state index contributed by atoms with van der Waals surface area (Å²) in [5.74, 6) is -0.202. The predicted octanol–water partition coefficient (Wildman–Crippen LogP) is 4.40. The van der Waals surface area contributed by atoms with Crippen molar-refractivity contribution in [1.29, 1.82) is 0 Å². The number of carbonyl (C=O) groups is 1. The number of carbonyl (C=O) groups excluding carboxylic acids is 1. The summed E-state index contributed by atoms with van der Waals surface area (Å²) in [5.41, 5.74) is 0.371. The molecule has 0 radical (unpaired) electrons. The molecule has 0 aromatic heterocycles. The Morgan fingerprint density at radius 1 is 1.30 bits per heavy atom. The second-order valence-electron chi connectivity index (χ2n) is 5.51. The molecule has 0 spiro atoms. The lowest BCUT2D eigenvalue weighted by Crippen LogP contribution is -2.40. The summed E-state index contributed by atoms with van der Waals surface area (Å²) in [7, 11) is 0. The molecule has 2 rings (SSSR count). The number of rotatable bonds is 4. The number of hydrogen-bond acceptors (Lipinski definition) is 1. The molecule has 5 heteroatoms. The van der Waals surface area contributed by atoms with E-state index in [1.807, 2.05) is 0 Å². The second-order valence-corrected chi connectivity index (χ2v) is 6.18. The molecular formula is C15H18Cl2FNO. The highest BCUT2D eigenvalue weighted by molar-refractivity contribution is 6.31. The van der Waals surface area contributed by atoms with Gasteiger partial charge in [0.05, 0.1) is 5.02 Å². The fourth-order valence-corrected chi connectivity index (χ4v) is 3.21. The third kappa shape index (κ3) is 3.64. The minimum Gasteiger partial charge on any atom is -0.351 e. The highest BCUT2D eigenvalue weighted by atomic mass is 35.5. The lowest BCUT2D eigenvalue weighted by Gasteiger charge is -2.35. The maximum atomic E-state index is 13.1. The van der Waals surface area contributed by atoms with Gasteiger partial charge in [-0.25, -0.2) is 4.39 Å². The summed E-state index contributed by atoms with van der Waals surface area (Å²) in [6, 6.07) is 3.99. The third-order valence-corrected chi connectivity index (χ3v) is 4.86. The van der Waals surface area contributed by atoms with E-state index in [2.05, 4.69) is 5.32 Å². The van der Waals surface area contributed by atoms with Crippen LogP contribution >= 0.6 is 23.2 Å². The summed E-state index contributed by atoms with van der Waals surface area (Å²) in [5, 5.41) is 2.86. The Kier molecular flexibility index (Phi) is 5.28. The molecule has 110 valence electrons. The molecule has 1 saturated carbocycles. The van der Waals surface area contributed by atoms with Crippen LogP contribution in [0.4, 0.5) is 4.39 Å². The van der Waals surface area contributed by atoms with Crippen molar-refractivity contribution in [2.45, 2.75) is 32.1 Å². The fraction of sp³-hybridized carbons (Fsp3) is 0.533. The molecule has 0 aliphatic heterocycles. The van der Waals surface area contributed by atoms with E-state index in [4.69, 9.17) is 23.2 Å². The van der Waals surface area contributed by atoms with E-state index in [1.165, 1.54) is 24.6 Å². The average molecular weight is 318 g/mol. The first kappa shape index (κ1) is 15.6. The van der Waals surface area contributed by atoms with Crippen molar-refractivity contribution in [2.75, 3.05) is 12.4 Å². The molecule has 1 aromatic rings. The summed E-state index contributed by atoms with van der Waals surface area (Å²) >= 11 is 11.8. The summed E-state index contributed by atoms with van der Waals surface area (Å²) < 4.78 is 13.1. The van der Waals surface area contributed by atoms with Crippen molar-refractivity contribution in [3.05, 3.63) is 34.6 Å². The van der Waals surface area contributed by atoms with E-state index in [0.29, 0.717) is 18.0 Å². The van der Waals surface area contributed by atoms with Crippen molar-refractivity contribution in [3.63, 3.8) is 0 Å². The van der Waals surface area contributed by atoms with Crippen LogP contribution in [0.5, 0.6) is 0 Å². The lowest BCUT2D eigenvalue weighted by atomic mass is 9.75. The molecule has 0 atom stereocenters. The average Bonchev–Trinajstić information content (AvgIpc) is 2.48. The Balaban J connectivity index is 1.98. The largest absolute Gasteiger partial charge is 0.351 e. The first-order valence-corrected chi connectivity index (χ1v) is 7.77. The first-order valence-electron chi connectivity index (χ1n) is 6.86. The zero-order chi connectivity index (χ0) is 14.6. The lowest BCUT2D eigenvalue weighted by molar-refractivity contribution is 0.0921. The monoisotopic (exact) mass is 317 g/mol. The topological polar surface area (TPSA) is 29.1 Å². The Labute approximate surface area is 128 Å². The zero-order valence-electron chi connectivity index (χ0n) is 11.2. The van der Waals surface area contributed by atoms with E-state index in [9.17, 15) is 9.18 Å². The van der Waals surface area contributed by atoms with Gasteiger partial charge in [0.1, 0.15) is 5.82 Å². The highest BCUT2D eigenvalue weighted by Crippen LogP contribution is 2.36. The van der Waals surface area contributed by atoms with Crippen molar-refractivity contribution >= 4 is 29.1 Å². The molecule has 0 unspecified atom stereocenters. The Bertz CT molecular complexity index is 487. The van der Waals surface area contributed by atoms with E-state index in [1.54, 1.807) is 0 Å². The Hall–Kier alpha value is -0.800. The number of nitrogens with one attached hydrogen (secondary N) is 1. The molecule has 0 saturated heterocycles. The standard InChI is InChI=1S/C15H18Cl2FNO/c16-9-15(6-2-1-3-7-15)10-19-14(20)11-4-5-13(18)12(17)8-11/h4-5,8H,1-3,6-7,9-10H2,(H,19,20).